The van der Waals surface area contributed by atoms with Gasteiger partial charge < -0.3 is 26.4 Å². The van der Waals surface area contributed by atoms with Gasteiger partial charge in [-0.05, 0) is 50.4 Å². The van der Waals surface area contributed by atoms with Gasteiger partial charge in [0.2, 0.25) is 0 Å². The minimum Gasteiger partial charge on any atom is -0.450 e. The van der Waals surface area contributed by atoms with Gasteiger partial charge in [0, 0.05) is 12.6 Å². The topological polar surface area (TPSA) is 117 Å². The number of ether oxygens (including phenoxy) is 1. The predicted molar refractivity (Wildman–Crippen MR) is 132 cm³/mol. The molecule has 6 N–H and O–H groups in total. The van der Waals surface area contributed by atoms with Crippen molar-refractivity contribution in [3.63, 3.8) is 0 Å². The summed E-state index contributed by atoms with van der Waals surface area (Å²) in [6, 6.07) is 6.57. The summed E-state index contributed by atoms with van der Waals surface area (Å²) in [4.78, 5) is 17.3. The highest BCUT2D eigenvalue weighted by atomic mass is 16.5. The van der Waals surface area contributed by atoms with Crippen LogP contribution in [0.15, 0.2) is 41.6 Å². The van der Waals surface area contributed by atoms with Crippen molar-refractivity contribution >= 4 is 11.5 Å². The van der Waals surface area contributed by atoms with E-state index in [9.17, 15) is 4.79 Å². The molecule has 1 saturated carbocycles. The monoisotopic (exact) mass is 442 g/mol. The molecule has 2 heterocycles. The van der Waals surface area contributed by atoms with Crippen molar-refractivity contribution < 1.29 is 4.74 Å². The van der Waals surface area contributed by atoms with Gasteiger partial charge in [-0.1, -0.05) is 45.8 Å². The Morgan fingerprint density at radius 3 is 2.69 bits per heavy atom. The second-order valence-electron chi connectivity index (χ2n) is 7.75. The number of aromatic amines is 1. The molecule has 0 amide bonds. The molecule has 0 atom stereocenters. The van der Waals surface area contributed by atoms with E-state index in [2.05, 4.69) is 32.5 Å². The summed E-state index contributed by atoms with van der Waals surface area (Å²) >= 11 is 0. The molecule has 176 valence electrons. The van der Waals surface area contributed by atoms with Gasteiger partial charge in [-0.3, -0.25) is 4.98 Å². The summed E-state index contributed by atoms with van der Waals surface area (Å²) in [6.07, 6.45) is 9.46. The summed E-state index contributed by atoms with van der Waals surface area (Å²) in [7, 11) is 0. The van der Waals surface area contributed by atoms with Crippen molar-refractivity contribution in [3.05, 3.63) is 52.8 Å². The average molecular weight is 443 g/mol. The third-order valence-electron chi connectivity index (χ3n) is 5.14. The maximum Gasteiger partial charge on any atom is 0.346 e. The molecule has 0 unspecified atom stereocenters. The van der Waals surface area contributed by atoms with Gasteiger partial charge in [-0.2, -0.15) is 4.98 Å². The zero-order valence-electron chi connectivity index (χ0n) is 19.6. The lowest BCUT2D eigenvalue weighted by Gasteiger charge is -2.22. The molecule has 1 aromatic carbocycles. The molecule has 1 fully saturated rings. The van der Waals surface area contributed by atoms with Gasteiger partial charge in [0.15, 0.2) is 17.3 Å². The molecule has 8 nitrogen and oxygen atoms in total. The van der Waals surface area contributed by atoms with E-state index in [1.807, 2.05) is 39.0 Å². The van der Waals surface area contributed by atoms with E-state index in [1.54, 1.807) is 0 Å². The second kappa shape index (κ2) is 13.4. The van der Waals surface area contributed by atoms with E-state index >= 15 is 0 Å². The van der Waals surface area contributed by atoms with E-state index in [0.717, 1.165) is 42.6 Å². The van der Waals surface area contributed by atoms with Crippen LogP contribution in [0.1, 0.15) is 57.9 Å². The third kappa shape index (κ3) is 8.26. The lowest BCUT2D eigenvalue weighted by molar-refractivity contribution is 0.372. The first-order valence-corrected chi connectivity index (χ1v) is 11.6. The number of nitrogens with one attached hydrogen (secondary N) is 4. The summed E-state index contributed by atoms with van der Waals surface area (Å²) in [5.41, 5.74) is 6.96. The highest BCUT2D eigenvalue weighted by Crippen LogP contribution is 2.39. The van der Waals surface area contributed by atoms with Crippen LogP contribution in [0.5, 0.6) is 11.5 Å². The normalized spacial score (nSPS) is 14.1. The van der Waals surface area contributed by atoms with Crippen molar-refractivity contribution in [2.24, 2.45) is 5.73 Å². The van der Waals surface area contributed by atoms with E-state index in [0.29, 0.717) is 17.4 Å². The largest absolute Gasteiger partial charge is 0.450 e. The maximum absolute atomic E-state index is 11.1. The van der Waals surface area contributed by atoms with E-state index in [1.165, 1.54) is 38.3 Å². The number of anilines is 2. The van der Waals surface area contributed by atoms with Gasteiger partial charge in [0.05, 0.1) is 17.7 Å². The minimum atomic E-state index is -0.397. The van der Waals surface area contributed by atoms with E-state index < -0.39 is 5.69 Å². The first-order chi connectivity index (χ1) is 15.5. The van der Waals surface area contributed by atoms with Crippen LogP contribution in [0.3, 0.4) is 0 Å². The number of benzene rings is 1. The zero-order valence-corrected chi connectivity index (χ0v) is 19.6. The Balaban J connectivity index is 0.000000213. The molecule has 2 aliphatic rings. The number of aryl methyl sites for hydroxylation is 1. The van der Waals surface area contributed by atoms with Crippen LogP contribution in [-0.2, 0) is 0 Å². The fourth-order valence-electron chi connectivity index (χ4n) is 3.59. The minimum absolute atomic E-state index is 0.397. The molecule has 0 spiro atoms. The number of rotatable bonds is 6. The second-order valence-corrected chi connectivity index (χ2v) is 7.75. The molecule has 4 rings (SSSR count). The quantitative estimate of drug-likeness (QED) is 0.362. The lowest BCUT2D eigenvalue weighted by Crippen LogP contribution is -2.33. The molecule has 0 radical (unpaired) electrons. The molecule has 1 aliphatic carbocycles. The van der Waals surface area contributed by atoms with Crippen molar-refractivity contribution in [3.8, 4) is 11.5 Å². The van der Waals surface area contributed by atoms with Gasteiger partial charge >= 0.3 is 5.69 Å². The predicted octanol–water partition coefficient (Wildman–Crippen LogP) is 4.27. The number of hydrogen-bond donors (Lipinski definition) is 5. The van der Waals surface area contributed by atoms with Gasteiger partial charge in [-0.15, -0.1) is 0 Å². The Kier molecular flexibility index (Phi) is 10.6. The highest BCUT2D eigenvalue weighted by molar-refractivity contribution is 5.72. The summed E-state index contributed by atoms with van der Waals surface area (Å²) in [5, 5.41) is 9.71. The Morgan fingerprint density at radius 2 is 1.97 bits per heavy atom. The Bertz CT molecular complexity index is 906. The fraction of sp³-hybridized carbons (Fsp3) is 0.500. The lowest BCUT2D eigenvalue weighted by atomic mass is 9.95. The van der Waals surface area contributed by atoms with Crippen LogP contribution in [0, 0.1) is 6.92 Å². The fourth-order valence-corrected chi connectivity index (χ4v) is 3.59. The van der Waals surface area contributed by atoms with Crippen LogP contribution >= 0.6 is 0 Å². The van der Waals surface area contributed by atoms with Gasteiger partial charge in [0.1, 0.15) is 0 Å². The molecule has 1 aromatic heterocycles. The molecular formula is C24H38N6O2. The maximum atomic E-state index is 11.1. The molecule has 32 heavy (non-hydrogen) atoms. The van der Waals surface area contributed by atoms with E-state index in [4.69, 9.17) is 10.5 Å². The smallest absolute Gasteiger partial charge is 0.346 e. The van der Waals surface area contributed by atoms with Crippen molar-refractivity contribution in [2.45, 2.75) is 65.3 Å². The molecule has 0 bridgehead atoms. The first kappa shape index (κ1) is 25.3. The van der Waals surface area contributed by atoms with E-state index in [-0.39, 0.29) is 0 Å². The number of H-pyrrole nitrogens is 1. The SMILES string of the molecule is C=C(N)NCCCNC1CCCCC1.CC.Cc1ccc2c(c1)Nc1[nH]c(=O)ncc1O2. The van der Waals surface area contributed by atoms with Crippen molar-refractivity contribution in [2.75, 3.05) is 18.4 Å². The highest BCUT2D eigenvalue weighted by Gasteiger charge is 2.17. The van der Waals surface area contributed by atoms with Crippen LogP contribution in [0.4, 0.5) is 11.5 Å². The number of aromatic nitrogens is 2. The Morgan fingerprint density at radius 1 is 1.22 bits per heavy atom. The van der Waals surface area contributed by atoms with Crippen molar-refractivity contribution in [1.29, 1.82) is 0 Å². The molecule has 2 aromatic rings. The number of hydrogen-bond acceptors (Lipinski definition) is 7. The van der Waals surface area contributed by atoms with Crippen LogP contribution in [0.2, 0.25) is 0 Å². The number of nitrogens with zero attached hydrogens (tertiary/aromatic N) is 1. The number of fused-ring (bicyclic) bond motifs is 2. The summed E-state index contributed by atoms with van der Waals surface area (Å²) < 4.78 is 5.59. The molecule has 8 heteroatoms. The van der Waals surface area contributed by atoms with Crippen LogP contribution in [0.25, 0.3) is 0 Å². The molecular weight excluding hydrogens is 404 g/mol. The Labute approximate surface area is 191 Å². The Hall–Kier alpha value is -3.00. The average Bonchev–Trinajstić information content (AvgIpc) is 2.80. The van der Waals surface area contributed by atoms with Crippen LogP contribution < -0.4 is 32.1 Å². The summed E-state index contributed by atoms with van der Waals surface area (Å²) in [6.45, 7) is 11.6. The van der Waals surface area contributed by atoms with Crippen molar-refractivity contribution in [1.82, 2.24) is 20.6 Å². The summed E-state index contributed by atoms with van der Waals surface area (Å²) in [5.74, 6) is 2.36. The van der Waals surface area contributed by atoms with Gasteiger partial charge in [-0.25, -0.2) is 4.79 Å². The first-order valence-electron chi connectivity index (χ1n) is 11.6. The zero-order chi connectivity index (χ0) is 23.3. The third-order valence-corrected chi connectivity index (χ3v) is 5.14. The van der Waals surface area contributed by atoms with Crippen LogP contribution in [-0.4, -0.2) is 29.1 Å². The number of nitrogens with two attached hydrogens (primary N) is 1. The standard InChI is InChI=1S/C11H9N3O2.C11H23N3.C2H6/c1-6-2-3-8-7(4-6)13-10-9(16-8)5-12-11(15)14-10;1-10(12)13-8-5-9-14-11-6-3-2-4-7-11;1-2/h2-5H,1H3,(H2,12,13,14,15);11,13-14H,1-9,12H2;1-2H3. The van der Waals surface area contributed by atoms with Gasteiger partial charge in [0.25, 0.3) is 0 Å². The molecule has 1 aliphatic heterocycles. The molecule has 0 saturated heterocycles.